The van der Waals surface area contributed by atoms with Gasteiger partial charge < -0.3 is 15.0 Å². The number of hydrogen-bond acceptors (Lipinski definition) is 3. The first-order valence-corrected chi connectivity index (χ1v) is 11.1. The number of carbonyl (C=O) groups excluding carboxylic acids is 2. The number of nitrogens with zero attached hydrogens (tertiary/aromatic N) is 1. The summed E-state index contributed by atoms with van der Waals surface area (Å²) in [6.07, 6.45) is 0.993. The van der Waals surface area contributed by atoms with E-state index < -0.39 is 0 Å². The normalized spacial score (nSPS) is 14.8. The summed E-state index contributed by atoms with van der Waals surface area (Å²) in [4.78, 5) is 27.2. The van der Waals surface area contributed by atoms with E-state index in [1.165, 1.54) is 5.56 Å². The highest BCUT2D eigenvalue weighted by Crippen LogP contribution is 2.38. The summed E-state index contributed by atoms with van der Waals surface area (Å²) in [5, 5.41) is 3.04. The molecule has 0 saturated heterocycles. The Morgan fingerprint density at radius 1 is 1.16 bits per heavy atom. The van der Waals surface area contributed by atoms with Gasteiger partial charge in [0.2, 0.25) is 0 Å². The summed E-state index contributed by atoms with van der Waals surface area (Å²) < 4.78 is 5.68. The van der Waals surface area contributed by atoms with Gasteiger partial charge >= 0.3 is 0 Å². The predicted molar refractivity (Wildman–Crippen MR) is 125 cm³/mol. The van der Waals surface area contributed by atoms with Crippen LogP contribution < -0.4 is 15.0 Å². The van der Waals surface area contributed by atoms with Gasteiger partial charge in [0.25, 0.3) is 11.8 Å². The van der Waals surface area contributed by atoms with Gasteiger partial charge in [-0.1, -0.05) is 52.8 Å². The minimum absolute atomic E-state index is 0.00626. The average molecular weight is 423 g/mol. The standard InChI is InChI=1S/C26H34N2O3/c1-7-26(5,6)21-11-12-23-22(14-21)28(24(29)16-31-23)15-19-9-8-10-20(13-19)25(30)27-18(4)17(2)3/h8-14,17-18H,7,15-16H2,1-6H3,(H,27,30). The number of benzene rings is 2. The highest BCUT2D eigenvalue weighted by atomic mass is 16.5. The summed E-state index contributed by atoms with van der Waals surface area (Å²) in [7, 11) is 0. The molecule has 0 aromatic heterocycles. The summed E-state index contributed by atoms with van der Waals surface area (Å²) >= 11 is 0. The molecule has 5 nitrogen and oxygen atoms in total. The molecular weight excluding hydrogens is 388 g/mol. The van der Waals surface area contributed by atoms with Crippen LogP contribution in [0.4, 0.5) is 5.69 Å². The summed E-state index contributed by atoms with van der Waals surface area (Å²) in [6.45, 7) is 13.1. The second-order valence-electron chi connectivity index (χ2n) is 9.40. The molecule has 2 aromatic carbocycles. The number of rotatable bonds is 7. The van der Waals surface area contributed by atoms with Gasteiger partial charge in [-0.3, -0.25) is 9.59 Å². The largest absolute Gasteiger partial charge is 0.482 e. The fourth-order valence-electron chi connectivity index (χ4n) is 3.45. The number of ether oxygens (including phenoxy) is 1. The maximum absolute atomic E-state index is 12.8. The Bertz CT molecular complexity index is 965. The van der Waals surface area contributed by atoms with Crippen LogP contribution in [0.25, 0.3) is 0 Å². The van der Waals surface area contributed by atoms with E-state index in [0.29, 0.717) is 18.0 Å². The van der Waals surface area contributed by atoms with E-state index in [2.05, 4.69) is 52.1 Å². The molecular formula is C26H34N2O3. The van der Waals surface area contributed by atoms with Crippen molar-refractivity contribution in [1.82, 2.24) is 5.32 Å². The molecule has 5 heteroatoms. The van der Waals surface area contributed by atoms with Crippen LogP contribution in [0, 0.1) is 5.92 Å². The van der Waals surface area contributed by atoms with E-state index >= 15 is 0 Å². The third-order valence-corrected chi connectivity index (χ3v) is 6.46. The highest BCUT2D eigenvalue weighted by Gasteiger charge is 2.28. The lowest BCUT2D eigenvalue weighted by Gasteiger charge is -2.32. The van der Waals surface area contributed by atoms with Crippen molar-refractivity contribution < 1.29 is 14.3 Å². The Balaban J connectivity index is 1.87. The molecule has 3 rings (SSSR count). The molecule has 0 aliphatic carbocycles. The second kappa shape index (κ2) is 9.13. The zero-order chi connectivity index (χ0) is 22.8. The molecule has 1 unspecified atom stereocenters. The lowest BCUT2D eigenvalue weighted by molar-refractivity contribution is -0.121. The molecule has 1 N–H and O–H groups in total. The van der Waals surface area contributed by atoms with Gasteiger partial charge in [-0.2, -0.15) is 0 Å². The first-order valence-electron chi connectivity index (χ1n) is 11.1. The van der Waals surface area contributed by atoms with Gasteiger partial charge in [-0.05, 0) is 60.1 Å². The number of amides is 2. The first-order chi connectivity index (χ1) is 14.6. The molecule has 1 aliphatic heterocycles. The molecule has 1 atom stereocenters. The number of anilines is 1. The van der Waals surface area contributed by atoms with Crippen LogP contribution in [0.3, 0.4) is 0 Å². The minimum atomic E-state index is -0.0938. The minimum Gasteiger partial charge on any atom is -0.482 e. The number of hydrogen-bond donors (Lipinski definition) is 1. The first kappa shape index (κ1) is 22.9. The Morgan fingerprint density at radius 3 is 2.58 bits per heavy atom. The molecule has 1 aliphatic rings. The van der Waals surface area contributed by atoms with Crippen molar-refractivity contribution in [1.29, 1.82) is 0 Å². The lowest BCUT2D eigenvalue weighted by atomic mass is 9.82. The topological polar surface area (TPSA) is 58.6 Å². The second-order valence-corrected chi connectivity index (χ2v) is 9.40. The maximum atomic E-state index is 12.8. The SMILES string of the molecule is CCC(C)(C)c1ccc2c(c1)N(Cc1cccc(C(=O)NC(C)C(C)C)c1)C(=O)CO2. The molecule has 0 saturated carbocycles. The van der Waals surface area contributed by atoms with E-state index in [-0.39, 0.29) is 29.9 Å². The monoisotopic (exact) mass is 422 g/mol. The fraction of sp³-hybridized carbons (Fsp3) is 0.462. The Kier molecular flexibility index (Phi) is 6.73. The zero-order valence-corrected chi connectivity index (χ0v) is 19.5. The van der Waals surface area contributed by atoms with Gasteiger partial charge in [-0.25, -0.2) is 0 Å². The third-order valence-electron chi connectivity index (χ3n) is 6.46. The fourth-order valence-corrected chi connectivity index (χ4v) is 3.45. The van der Waals surface area contributed by atoms with E-state index in [9.17, 15) is 9.59 Å². The summed E-state index contributed by atoms with van der Waals surface area (Å²) in [5.41, 5.74) is 3.48. The van der Waals surface area contributed by atoms with Gasteiger partial charge in [-0.15, -0.1) is 0 Å². The Morgan fingerprint density at radius 2 is 1.90 bits per heavy atom. The van der Waals surface area contributed by atoms with Crippen LogP contribution >= 0.6 is 0 Å². The van der Waals surface area contributed by atoms with E-state index in [4.69, 9.17) is 4.74 Å². The summed E-state index contributed by atoms with van der Waals surface area (Å²) in [6, 6.07) is 13.7. The molecule has 0 fully saturated rings. The van der Waals surface area contributed by atoms with Crippen LogP contribution in [0.15, 0.2) is 42.5 Å². The van der Waals surface area contributed by atoms with Crippen molar-refractivity contribution in [2.24, 2.45) is 5.92 Å². The third kappa shape index (κ3) is 5.09. The van der Waals surface area contributed by atoms with Crippen LogP contribution in [0.2, 0.25) is 0 Å². The number of carbonyl (C=O) groups is 2. The van der Waals surface area contributed by atoms with E-state index in [0.717, 1.165) is 23.4 Å². The molecule has 0 spiro atoms. The molecule has 1 heterocycles. The molecule has 2 aromatic rings. The molecule has 0 radical (unpaired) electrons. The zero-order valence-electron chi connectivity index (χ0n) is 19.5. The molecule has 2 amide bonds. The van der Waals surface area contributed by atoms with Crippen molar-refractivity contribution in [2.45, 2.75) is 66.0 Å². The quantitative estimate of drug-likeness (QED) is 0.677. The molecule has 166 valence electrons. The predicted octanol–water partition coefficient (Wildman–Crippen LogP) is 5.07. The maximum Gasteiger partial charge on any atom is 0.265 e. The summed E-state index contributed by atoms with van der Waals surface area (Å²) in [5.74, 6) is 0.900. The van der Waals surface area contributed by atoms with Crippen LogP contribution in [0.1, 0.15) is 69.4 Å². The molecule has 0 bridgehead atoms. The van der Waals surface area contributed by atoms with Crippen molar-refractivity contribution >= 4 is 17.5 Å². The highest BCUT2D eigenvalue weighted by molar-refractivity contribution is 5.98. The van der Waals surface area contributed by atoms with Gasteiger partial charge in [0.1, 0.15) is 5.75 Å². The number of fused-ring (bicyclic) bond motifs is 1. The van der Waals surface area contributed by atoms with Crippen molar-refractivity contribution in [3.63, 3.8) is 0 Å². The Hall–Kier alpha value is -2.82. The van der Waals surface area contributed by atoms with Crippen LogP contribution in [-0.2, 0) is 16.8 Å². The number of nitrogens with one attached hydrogen (secondary N) is 1. The Labute approximate surface area is 185 Å². The lowest BCUT2D eigenvalue weighted by Crippen LogP contribution is -2.38. The average Bonchev–Trinajstić information content (AvgIpc) is 2.75. The van der Waals surface area contributed by atoms with Crippen LogP contribution in [-0.4, -0.2) is 24.5 Å². The van der Waals surface area contributed by atoms with E-state index in [1.807, 2.05) is 37.3 Å². The van der Waals surface area contributed by atoms with Crippen molar-refractivity contribution in [3.05, 3.63) is 59.2 Å². The molecule has 31 heavy (non-hydrogen) atoms. The van der Waals surface area contributed by atoms with Crippen molar-refractivity contribution in [3.8, 4) is 5.75 Å². The van der Waals surface area contributed by atoms with Crippen LogP contribution in [0.5, 0.6) is 5.75 Å². The van der Waals surface area contributed by atoms with Gasteiger partial charge in [0, 0.05) is 11.6 Å². The van der Waals surface area contributed by atoms with Gasteiger partial charge in [0.05, 0.1) is 12.2 Å². The smallest absolute Gasteiger partial charge is 0.265 e. The van der Waals surface area contributed by atoms with E-state index in [1.54, 1.807) is 4.90 Å². The van der Waals surface area contributed by atoms with Crippen molar-refractivity contribution in [2.75, 3.05) is 11.5 Å². The van der Waals surface area contributed by atoms with Gasteiger partial charge in [0.15, 0.2) is 6.61 Å².